The van der Waals surface area contributed by atoms with Gasteiger partial charge in [-0.3, -0.25) is 14.5 Å². The van der Waals surface area contributed by atoms with Crippen molar-refractivity contribution in [2.45, 2.75) is 38.3 Å². The van der Waals surface area contributed by atoms with E-state index in [2.05, 4.69) is 16.3 Å². The number of nitrogens with zero attached hydrogens (tertiary/aromatic N) is 3. The van der Waals surface area contributed by atoms with E-state index in [1.54, 1.807) is 18.4 Å². The molecule has 1 amide bonds. The van der Waals surface area contributed by atoms with Crippen LogP contribution in [0.2, 0.25) is 0 Å². The summed E-state index contributed by atoms with van der Waals surface area (Å²) in [6.45, 7) is 2.68. The molecule has 1 saturated heterocycles. The Morgan fingerprint density at radius 3 is 3.03 bits per heavy atom. The number of ether oxygens (including phenoxy) is 1. The van der Waals surface area contributed by atoms with Crippen molar-refractivity contribution in [3.8, 4) is 16.5 Å². The van der Waals surface area contributed by atoms with E-state index in [9.17, 15) is 4.79 Å². The average Bonchev–Trinajstić information content (AvgIpc) is 3.48. The summed E-state index contributed by atoms with van der Waals surface area (Å²) in [5.41, 5.74) is 1.18. The van der Waals surface area contributed by atoms with Gasteiger partial charge in [0.05, 0.1) is 12.0 Å². The molecule has 1 N–H and O–H groups in total. The summed E-state index contributed by atoms with van der Waals surface area (Å²) in [6.07, 6.45) is 2.84. The number of hydrogen-bond donors (Lipinski definition) is 1. The lowest BCUT2D eigenvalue weighted by Crippen LogP contribution is -2.40. The van der Waals surface area contributed by atoms with Crippen LogP contribution in [0.5, 0.6) is 5.75 Å². The minimum atomic E-state index is -0.413. The van der Waals surface area contributed by atoms with Gasteiger partial charge in [0.2, 0.25) is 5.91 Å². The molecule has 152 valence electrons. The zero-order valence-corrected chi connectivity index (χ0v) is 18.1. The first-order valence-electron chi connectivity index (χ1n) is 9.72. The molecule has 1 aromatic carbocycles. The maximum Gasteiger partial charge on any atom is 0.245 e. The summed E-state index contributed by atoms with van der Waals surface area (Å²) < 4.78 is 7.65. The Balaban J connectivity index is 1.56. The third-order valence-corrected chi connectivity index (χ3v) is 6.61. The molecule has 4 rings (SSSR count). The lowest BCUT2D eigenvalue weighted by Gasteiger charge is -2.28. The Morgan fingerprint density at radius 1 is 1.41 bits per heavy atom. The van der Waals surface area contributed by atoms with Gasteiger partial charge in [0.15, 0.2) is 10.6 Å². The van der Waals surface area contributed by atoms with Crippen molar-refractivity contribution in [1.29, 1.82) is 0 Å². The SMILES string of the molecule is COc1cccc(CC2CCCN2C(=O)C(C)n2c(-c3cccs3)n[nH]c2=S)c1. The minimum Gasteiger partial charge on any atom is -0.497 e. The number of carbonyl (C=O) groups excluding carboxylic acids is 1. The first-order valence-corrected chi connectivity index (χ1v) is 11.0. The quantitative estimate of drug-likeness (QED) is 0.588. The van der Waals surface area contributed by atoms with Crippen molar-refractivity contribution in [1.82, 2.24) is 19.7 Å². The van der Waals surface area contributed by atoms with Crippen molar-refractivity contribution in [2.75, 3.05) is 13.7 Å². The highest BCUT2D eigenvalue weighted by atomic mass is 32.1. The van der Waals surface area contributed by atoms with E-state index in [4.69, 9.17) is 17.0 Å². The smallest absolute Gasteiger partial charge is 0.245 e. The summed E-state index contributed by atoms with van der Waals surface area (Å²) in [5, 5.41) is 9.21. The number of rotatable bonds is 6. The second-order valence-corrected chi connectivity index (χ2v) is 8.59. The second-order valence-electron chi connectivity index (χ2n) is 7.26. The molecule has 1 aliphatic heterocycles. The fourth-order valence-corrected chi connectivity index (χ4v) is 5.00. The number of methoxy groups -OCH3 is 1. The molecule has 0 radical (unpaired) electrons. The van der Waals surface area contributed by atoms with Crippen LogP contribution in [0.3, 0.4) is 0 Å². The van der Waals surface area contributed by atoms with Gasteiger partial charge in [-0.25, -0.2) is 0 Å². The van der Waals surface area contributed by atoms with Gasteiger partial charge in [-0.15, -0.1) is 11.3 Å². The molecule has 0 saturated carbocycles. The van der Waals surface area contributed by atoms with Crippen LogP contribution in [0, 0.1) is 4.77 Å². The Hall–Kier alpha value is -2.45. The molecule has 2 unspecified atom stereocenters. The minimum absolute atomic E-state index is 0.0886. The number of aromatic amines is 1. The molecule has 2 aromatic heterocycles. The predicted molar refractivity (Wildman–Crippen MR) is 117 cm³/mol. The van der Waals surface area contributed by atoms with Crippen molar-refractivity contribution in [3.63, 3.8) is 0 Å². The fraction of sp³-hybridized carbons (Fsp3) is 0.381. The van der Waals surface area contributed by atoms with Gasteiger partial charge < -0.3 is 9.64 Å². The standard InChI is InChI=1S/C21H24N4O2S2/c1-14(25-19(22-23-21(25)28)18-9-5-11-29-18)20(26)24-10-4-7-16(24)12-15-6-3-8-17(13-15)27-2/h3,5-6,8-9,11,13-14,16H,4,7,10,12H2,1-2H3,(H,23,28). The van der Waals surface area contributed by atoms with Gasteiger partial charge in [0, 0.05) is 12.6 Å². The number of benzene rings is 1. The third-order valence-electron chi connectivity index (χ3n) is 5.46. The molecular weight excluding hydrogens is 404 g/mol. The number of H-pyrrole nitrogens is 1. The van der Waals surface area contributed by atoms with Crippen LogP contribution in [-0.2, 0) is 11.2 Å². The molecule has 1 fully saturated rings. The van der Waals surface area contributed by atoms with Crippen LogP contribution < -0.4 is 4.74 Å². The molecule has 3 heterocycles. The van der Waals surface area contributed by atoms with Gasteiger partial charge in [-0.2, -0.15) is 5.10 Å². The largest absolute Gasteiger partial charge is 0.497 e. The van der Waals surface area contributed by atoms with Gasteiger partial charge in [-0.05, 0) is 67.5 Å². The summed E-state index contributed by atoms with van der Waals surface area (Å²) in [4.78, 5) is 16.4. The van der Waals surface area contributed by atoms with Gasteiger partial charge in [0.25, 0.3) is 0 Å². The Bertz CT molecular complexity index is 1040. The van der Waals surface area contributed by atoms with E-state index in [-0.39, 0.29) is 11.9 Å². The number of nitrogens with one attached hydrogen (secondary N) is 1. The van der Waals surface area contributed by atoms with Crippen LogP contribution >= 0.6 is 23.6 Å². The molecule has 0 bridgehead atoms. The van der Waals surface area contributed by atoms with Crippen molar-refractivity contribution < 1.29 is 9.53 Å². The monoisotopic (exact) mass is 428 g/mol. The van der Waals surface area contributed by atoms with E-state index >= 15 is 0 Å². The molecule has 0 spiro atoms. The van der Waals surface area contributed by atoms with Crippen LogP contribution in [0.4, 0.5) is 0 Å². The summed E-state index contributed by atoms with van der Waals surface area (Å²) >= 11 is 7.03. The molecule has 29 heavy (non-hydrogen) atoms. The highest BCUT2D eigenvalue weighted by molar-refractivity contribution is 7.71. The van der Waals surface area contributed by atoms with E-state index in [1.807, 2.05) is 52.1 Å². The number of hydrogen-bond acceptors (Lipinski definition) is 5. The lowest BCUT2D eigenvalue weighted by molar-refractivity contribution is -0.135. The van der Waals surface area contributed by atoms with Crippen molar-refractivity contribution in [2.24, 2.45) is 0 Å². The molecule has 2 atom stereocenters. The summed E-state index contributed by atoms with van der Waals surface area (Å²) in [7, 11) is 1.67. The predicted octanol–water partition coefficient (Wildman–Crippen LogP) is 4.47. The lowest BCUT2D eigenvalue weighted by atomic mass is 10.0. The Labute approximate surface area is 179 Å². The third kappa shape index (κ3) is 4.00. The van der Waals surface area contributed by atoms with Crippen molar-refractivity contribution >= 4 is 29.5 Å². The van der Waals surface area contributed by atoms with Gasteiger partial charge >= 0.3 is 0 Å². The molecule has 0 aliphatic carbocycles. The normalized spacial score (nSPS) is 17.4. The topological polar surface area (TPSA) is 63.1 Å². The number of thiophene rings is 1. The molecule has 8 heteroatoms. The van der Waals surface area contributed by atoms with Crippen LogP contribution in [0.1, 0.15) is 31.4 Å². The number of likely N-dealkylation sites (tertiary alicyclic amines) is 1. The first kappa shape index (κ1) is 19.8. The summed E-state index contributed by atoms with van der Waals surface area (Å²) in [6, 6.07) is 11.8. The molecular formula is C21H24N4O2S2. The Morgan fingerprint density at radius 2 is 2.28 bits per heavy atom. The molecule has 3 aromatic rings. The number of aromatic nitrogens is 3. The number of carbonyl (C=O) groups is 1. The molecule has 1 aliphatic rings. The molecule has 6 nitrogen and oxygen atoms in total. The van der Waals surface area contributed by atoms with E-state index < -0.39 is 6.04 Å². The highest BCUT2D eigenvalue weighted by Gasteiger charge is 2.33. The second kappa shape index (κ2) is 8.51. The zero-order chi connectivity index (χ0) is 20.4. The maximum atomic E-state index is 13.4. The van der Waals surface area contributed by atoms with E-state index in [1.165, 1.54) is 5.56 Å². The zero-order valence-electron chi connectivity index (χ0n) is 16.5. The average molecular weight is 429 g/mol. The van der Waals surface area contributed by atoms with Crippen molar-refractivity contribution in [3.05, 3.63) is 52.1 Å². The van der Waals surface area contributed by atoms with E-state index in [0.717, 1.165) is 42.3 Å². The van der Waals surface area contributed by atoms with E-state index in [0.29, 0.717) is 4.77 Å². The van der Waals surface area contributed by atoms with Gasteiger partial charge in [0.1, 0.15) is 11.8 Å². The highest BCUT2D eigenvalue weighted by Crippen LogP contribution is 2.29. The first-order chi connectivity index (χ1) is 14.1. The maximum absolute atomic E-state index is 13.4. The van der Waals surface area contributed by atoms with Crippen LogP contribution in [0.25, 0.3) is 10.7 Å². The van der Waals surface area contributed by atoms with Crippen LogP contribution in [0.15, 0.2) is 41.8 Å². The fourth-order valence-electron chi connectivity index (χ4n) is 4.00. The number of amides is 1. The summed E-state index contributed by atoms with van der Waals surface area (Å²) in [5.74, 6) is 1.65. The Kier molecular flexibility index (Phi) is 5.82. The van der Waals surface area contributed by atoms with Crippen LogP contribution in [-0.4, -0.2) is 45.3 Å². The van der Waals surface area contributed by atoms with Gasteiger partial charge in [-0.1, -0.05) is 18.2 Å².